The highest BCUT2D eigenvalue weighted by Crippen LogP contribution is 2.39. The van der Waals surface area contributed by atoms with E-state index in [1.165, 1.54) is 58.0 Å². The maximum absolute atomic E-state index is 3.59. The molecule has 2 heteroatoms. The van der Waals surface area contributed by atoms with E-state index in [9.17, 15) is 0 Å². The standard InChI is InChI=1S/C17H34N2/c1-5-15-8-6-7-11-19(15)13-14-12-17(2,3)10-9-16(14)18-4/h14-16,18H,5-13H2,1-4H3. The predicted octanol–water partition coefficient (Wildman–Crippen LogP) is 3.67. The van der Waals surface area contributed by atoms with Gasteiger partial charge in [0.1, 0.15) is 0 Å². The van der Waals surface area contributed by atoms with E-state index in [0.29, 0.717) is 5.41 Å². The van der Waals surface area contributed by atoms with Crippen LogP contribution in [0.15, 0.2) is 0 Å². The van der Waals surface area contributed by atoms with E-state index in [2.05, 4.69) is 38.0 Å². The zero-order valence-corrected chi connectivity index (χ0v) is 13.5. The molecule has 0 bridgehead atoms. The topological polar surface area (TPSA) is 15.3 Å². The van der Waals surface area contributed by atoms with Gasteiger partial charge in [-0.05, 0) is 63.5 Å². The van der Waals surface area contributed by atoms with Gasteiger partial charge in [-0.1, -0.05) is 27.2 Å². The number of hydrogen-bond donors (Lipinski definition) is 1. The summed E-state index contributed by atoms with van der Waals surface area (Å²) in [6.45, 7) is 9.95. The average Bonchev–Trinajstić information content (AvgIpc) is 2.39. The van der Waals surface area contributed by atoms with Crippen LogP contribution in [0.25, 0.3) is 0 Å². The molecule has 1 aliphatic heterocycles. The minimum Gasteiger partial charge on any atom is -0.317 e. The monoisotopic (exact) mass is 266 g/mol. The summed E-state index contributed by atoms with van der Waals surface area (Å²) in [5.74, 6) is 0.848. The summed E-state index contributed by atoms with van der Waals surface area (Å²) < 4.78 is 0. The maximum Gasteiger partial charge on any atom is 0.0105 e. The van der Waals surface area contributed by atoms with Crippen molar-refractivity contribution in [3.63, 3.8) is 0 Å². The molecule has 1 saturated heterocycles. The third kappa shape index (κ3) is 3.95. The van der Waals surface area contributed by atoms with Crippen molar-refractivity contribution in [2.75, 3.05) is 20.1 Å². The van der Waals surface area contributed by atoms with Gasteiger partial charge in [-0.2, -0.15) is 0 Å². The normalized spacial score (nSPS) is 36.3. The first-order valence-corrected chi connectivity index (χ1v) is 8.47. The molecule has 1 N–H and O–H groups in total. The van der Waals surface area contributed by atoms with Gasteiger partial charge in [0.05, 0.1) is 0 Å². The summed E-state index contributed by atoms with van der Waals surface area (Å²) in [6, 6.07) is 1.60. The van der Waals surface area contributed by atoms with Crippen LogP contribution in [0.4, 0.5) is 0 Å². The lowest BCUT2D eigenvalue weighted by molar-refractivity contribution is 0.0659. The Hall–Kier alpha value is -0.0800. The van der Waals surface area contributed by atoms with Gasteiger partial charge in [-0.15, -0.1) is 0 Å². The number of hydrogen-bond acceptors (Lipinski definition) is 2. The molecule has 3 atom stereocenters. The Morgan fingerprint density at radius 3 is 2.68 bits per heavy atom. The van der Waals surface area contributed by atoms with Gasteiger partial charge >= 0.3 is 0 Å². The van der Waals surface area contributed by atoms with Gasteiger partial charge in [-0.25, -0.2) is 0 Å². The largest absolute Gasteiger partial charge is 0.317 e. The Balaban J connectivity index is 1.97. The summed E-state index contributed by atoms with van der Waals surface area (Å²) >= 11 is 0. The van der Waals surface area contributed by atoms with Gasteiger partial charge in [-0.3, -0.25) is 0 Å². The van der Waals surface area contributed by atoms with E-state index in [1.54, 1.807) is 0 Å². The summed E-state index contributed by atoms with van der Waals surface area (Å²) in [5, 5.41) is 3.59. The smallest absolute Gasteiger partial charge is 0.0105 e. The molecule has 1 saturated carbocycles. The fraction of sp³-hybridized carbons (Fsp3) is 1.00. The van der Waals surface area contributed by atoms with Crippen LogP contribution in [0.5, 0.6) is 0 Å². The quantitative estimate of drug-likeness (QED) is 0.835. The second-order valence-corrected chi connectivity index (χ2v) is 7.62. The third-order valence-corrected chi connectivity index (χ3v) is 5.58. The van der Waals surface area contributed by atoms with Crippen LogP contribution in [0.1, 0.15) is 65.7 Å². The molecule has 0 radical (unpaired) electrons. The SMILES string of the molecule is CCC1CCCCN1CC1CC(C)(C)CCC1NC. The zero-order valence-electron chi connectivity index (χ0n) is 13.5. The first-order valence-electron chi connectivity index (χ1n) is 8.47. The van der Waals surface area contributed by atoms with Crippen molar-refractivity contribution in [3.8, 4) is 0 Å². The van der Waals surface area contributed by atoms with E-state index >= 15 is 0 Å². The molecule has 1 aliphatic carbocycles. The van der Waals surface area contributed by atoms with E-state index in [1.807, 2.05) is 0 Å². The molecule has 1 heterocycles. The van der Waals surface area contributed by atoms with Crippen LogP contribution in [0.2, 0.25) is 0 Å². The van der Waals surface area contributed by atoms with E-state index < -0.39 is 0 Å². The molecule has 0 spiro atoms. The van der Waals surface area contributed by atoms with Crippen molar-refractivity contribution in [3.05, 3.63) is 0 Å². The van der Waals surface area contributed by atoms with Crippen molar-refractivity contribution in [2.24, 2.45) is 11.3 Å². The summed E-state index contributed by atoms with van der Waals surface area (Å²) in [4.78, 5) is 2.81. The van der Waals surface area contributed by atoms with Crippen molar-refractivity contribution in [1.29, 1.82) is 0 Å². The van der Waals surface area contributed by atoms with E-state index in [4.69, 9.17) is 0 Å². The second-order valence-electron chi connectivity index (χ2n) is 7.62. The highest BCUT2D eigenvalue weighted by atomic mass is 15.2. The summed E-state index contributed by atoms with van der Waals surface area (Å²) in [5.41, 5.74) is 0.551. The molecular weight excluding hydrogens is 232 g/mol. The number of nitrogens with one attached hydrogen (secondary N) is 1. The van der Waals surface area contributed by atoms with Crippen molar-refractivity contribution in [2.45, 2.75) is 77.8 Å². The van der Waals surface area contributed by atoms with Gasteiger partial charge in [0, 0.05) is 18.6 Å². The summed E-state index contributed by atoms with van der Waals surface area (Å²) in [6.07, 6.45) is 9.76. The highest BCUT2D eigenvalue weighted by Gasteiger charge is 2.36. The molecule has 2 aliphatic rings. The lowest BCUT2D eigenvalue weighted by atomic mass is 9.69. The van der Waals surface area contributed by atoms with Crippen LogP contribution in [0.3, 0.4) is 0 Å². The van der Waals surface area contributed by atoms with Crippen LogP contribution < -0.4 is 5.32 Å². The minimum absolute atomic E-state index is 0.551. The van der Waals surface area contributed by atoms with Crippen molar-refractivity contribution in [1.82, 2.24) is 10.2 Å². The Labute approximate surface area is 120 Å². The number of likely N-dealkylation sites (tertiary alicyclic amines) is 1. The molecule has 19 heavy (non-hydrogen) atoms. The summed E-state index contributed by atoms with van der Waals surface area (Å²) in [7, 11) is 2.16. The number of piperidine rings is 1. The Morgan fingerprint density at radius 1 is 1.21 bits per heavy atom. The highest BCUT2D eigenvalue weighted by molar-refractivity contribution is 4.91. The molecule has 2 rings (SSSR count). The maximum atomic E-state index is 3.59. The molecule has 3 unspecified atom stereocenters. The van der Waals surface area contributed by atoms with Crippen LogP contribution in [-0.4, -0.2) is 37.1 Å². The number of nitrogens with zero attached hydrogens (tertiary/aromatic N) is 1. The number of rotatable bonds is 4. The Kier molecular flexibility index (Phi) is 5.30. The van der Waals surface area contributed by atoms with Gasteiger partial charge in [0.25, 0.3) is 0 Å². The molecule has 112 valence electrons. The minimum atomic E-state index is 0.551. The van der Waals surface area contributed by atoms with Gasteiger partial charge in [0.15, 0.2) is 0 Å². The second kappa shape index (κ2) is 6.58. The van der Waals surface area contributed by atoms with E-state index in [0.717, 1.165) is 18.0 Å². The zero-order chi connectivity index (χ0) is 13.9. The van der Waals surface area contributed by atoms with Crippen molar-refractivity contribution >= 4 is 0 Å². The fourth-order valence-electron chi connectivity index (χ4n) is 4.37. The Morgan fingerprint density at radius 2 is 2.00 bits per heavy atom. The first-order chi connectivity index (χ1) is 9.05. The molecule has 2 nitrogen and oxygen atoms in total. The molecule has 0 aromatic carbocycles. The molecule has 0 aromatic heterocycles. The Bertz CT molecular complexity index is 274. The third-order valence-electron chi connectivity index (χ3n) is 5.58. The van der Waals surface area contributed by atoms with Crippen LogP contribution in [0, 0.1) is 11.3 Å². The molecule has 2 fully saturated rings. The molecule has 0 aromatic rings. The van der Waals surface area contributed by atoms with E-state index in [-0.39, 0.29) is 0 Å². The van der Waals surface area contributed by atoms with Crippen molar-refractivity contribution < 1.29 is 0 Å². The molecule has 0 amide bonds. The fourth-order valence-corrected chi connectivity index (χ4v) is 4.37. The average molecular weight is 266 g/mol. The van der Waals surface area contributed by atoms with Gasteiger partial charge in [0.2, 0.25) is 0 Å². The van der Waals surface area contributed by atoms with Gasteiger partial charge < -0.3 is 10.2 Å². The lowest BCUT2D eigenvalue weighted by Crippen LogP contribution is -2.49. The van der Waals surface area contributed by atoms with Crippen LogP contribution >= 0.6 is 0 Å². The van der Waals surface area contributed by atoms with Crippen LogP contribution in [-0.2, 0) is 0 Å². The molecular formula is C17H34N2. The predicted molar refractivity (Wildman–Crippen MR) is 83.5 cm³/mol. The lowest BCUT2D eigenvalue weighted by Gasteiger charge is -2.45. The first kappa shape index (κ1) is 15.3.